The van der Waals surface area contributed by atoms with E-state index in [4.69, 9.17) is 0 Å². The van der Waals surface area contributed by atoms with Gasteiger partial charge in [-0.2, -0.15) is 26.3 Å². The van der Waals surface area contributed by atoms with Crippen LogP contribution in [0.5, 0.6) is 0 Å². The average molecular weight is 868 g/mol. The van der Waals surface area contributed by atoms with Gasteiger partial charge < -0.3 is 9.87 Å². The molecule has 0 aliphatic heterocycles. The van der Waals surface area contributed by atoms with Crippen LogP contribution in [-0.4, -0.2) is 42.5 Å². The van der Waals surface area contributed by atoms with Crippen molar-refractivity contribution in [2.45, 2.75) is 17.9 Å². The van der Waals surface area contributed by atoms with Gasteiger partial charge in [0.25, 0.3) is 5.91 Å². The van der Waals surface area contributed by atoms with Crippen molar-refractivity contribution in [2.24, 2.45) is 0 Å². The first-order valence-corrected chi connectivity index (χ1v) is 12.0. The van der Waals surface area contributed by atoms with E-state index in [1.807, 2.05) is 0 Å². The Morgan fingerprint density at radius 2 is 1.33 bits per heavy atom. The Morgan fingerprint density at radius 1 is 0.963 bits per heavy atom. The molecule has 0 saturated carbocycles. The fraction of sp³-hybridized carbons (Fsp3) is 0.364. The van der Waals surface area contributed by atoms with Crippen LogP contribution in [0.2, 0.25) is 0 Å². The first-order chi connectivity index (χ1) is 11.8. The minimum absolute atomic E-state index is 0.0683. The number of amides is 1. The zero-order chi connectivity index (χ0) is 21.6. The molecule has 0 heterocycles. The van der Waals surface area contributed by atoms with E-state index in [9.17, 15) is 44.1 Å². The van der Waals surface area contributed by atoms with Crippen molar-refractivity contribution in [2.75, 3.05) is 5.75 Å². The summed E-state index contributed by atoms with van der Waals surface area (Å²) < 4.78 is 113. The molecule has 1 rings (SSSR count). The van der Waals surface area contributed by atoms with Crippen molar-refractivity contribution in [1.82, 2.24) is 5.32 Å². The summed E-state index contributed by atoms with van der Waals surface area (Å²) in [5, 5.41) is 0.735. The van der Waals surface area contributed by atoms with Crippen LogP contribution < -0.4 is 5.32 Å². The van der Waals surface area contributed by atoms with Gasteiger partial charge in [0, 0.05) is 14.3 Å². The lowest BCUT2D eigenvalue weighted by Gasteiger charge is -2.38. The Hall–Kier alpha value is 1.10. The Labute approximate surface area is 203 Å². The van der Waals surface area contributed by atoms with Crippen LogP contribution in [0.3, 0.4) is 0 Å². The van der Waals surface area contributed by atoms with Gasteiger partial charge in [0.15, 0.2) is 0 Å². The van der Waals surface area contributed by atoms with Crippen LogP contribution >= 0.6 is 90.4 Å². The summed E-state index contributed by atoms with van der Waals surface area (Å²) in [5.41, 5.74) is -5.75. The molecule has 0 unspecified atom stereocenters. The number of hydrogen-bond donors (Lipinski definition) is 1. The van der Waals surface area contributed by atoms with Crippen LogP contribution in [0.25, 0.3) is 0 Å². The number of alkyl halides is 6. The van der Waals surface area contributed by atoms with Crippen LogP contribution in [0.4, 0.5) is 26.3 Å². The number of benzene rings is 1. The average Bonchev–Trinajstić information content (AvgIpc) is 2.40. The molecule has 0 saturated heterocycles. The van der Waals surface area contributed by atoms with Gasteiger partial charge in [-0.1, -0.05) is 0 Å². The van der Waals surface area contributed by atoms with Crippen molar-refractivity contribution in [1.29, 1.82) is 0 Å². The van der Waals surface area contributed by atoms with Crippen LogP contribution in [0, 0.1) is 14.3 Å². The molecule has 16 heteroatoms. The standard InChI is InChI=1S/C11H5F6I4NO4S/c12-10(13,14)9(11(15,16)17,2-27(24,25)26)22-8(23)5-6(20)3(18)1-4(19)7(5)21/h1H,2H2,(H,22,23)(H,24,25,26)/p-1. The first-order valence-electron chi connectivity index (χ1n) is 6.06. The highest BCUT2D eigenvalue weighted by Gasteiger charge is 2.72. The summed E-state index contributed by atoms with van der Waals surface area (Å²) in [5.74, 6) is -4.73. The number of nitrogens with one attached hydrogen (secondary N) is 1. The van der Waals surface area contributed by atoms with E-state index in [-0.39, 0.29) is 7.14 Å². The minimum Gasteiger partial charge on any atom is -0.748 e. The van der Waals surface area contributed by atoms with E-state index in [2.05, 4.69) is 0 Å². The van der Waals surface area contributed by atoms with Gasteiger partial charge in [0.1, 0.15) is 0 Å². The summed E-state index contributed by atoms with van der Waals surface area (Å²) in [6.07, 6.45) is -12.6. The Balaban J connectivity index is 3.68. The molecule has 0 aromatic heterocycles. The Bertz CT molecular complexity index is 831. The normalized spacial score (nSPS) is 13.6. The molecule has 0 aliphatic rings. The quantitative estimate of drug-likeness (QED) is 0.213. The molecule has 1 amide bonds. The molecule has 0 radical (unpaired) electrons. The molecule has 0 atom stereocenters. The van der Waals surface area contributed by atoms with E-state index in [1.165, 1.54) is 0 Å². The number of carbonyl (C=O) groups is 1. The van der Waals surface area contributed by atoms with Gasteiger partial charge in [-0.05, 0) is 96.4 Å². The van der Waals surface area contributed by atoms with Crippen molar-refractivity contribution in [3.8, 4) is 0 Å². The highest BCUT2D eigenvalue weighted by molar-refractivity contribution is 14.1. The third-order valence-corrected chi connectivity index (χ3v) is 9.82. The van der Waals surface area contributed by atoms with Crippen LogP contribution in [0.15, 0.2) is 6.07 Å². The molecule has 1 aromatic carbocycles. The largest absolute Gasteiger partial charge is 0.748 e. The second kappa shape index (κ2) is 8.69. The molecule has 0 bridgehead atoms. The molecule has 1 N–H and O–H groups in total. The smallest absolute Gasteiger partial charge is 0.421 e. The minimum atomic E-state index is -6.30. The second-order valence-electron chi connectivity index (χ2n) is 4.90. The van der Waals surface area contributed by atoms with E-state index in [1.54, 1.807) is 96.4 Å². The maximum absolute atomic E-state index is 13.3. The maximum atomic E-state index is 13.3. The van der Waals surface area contributed by atoms with Crippen molar-refractivity contribution < 1.29 is 44.1 Å². The Kier molecular flexibility index (Phi) is 8.41. The summed E-state index contributed by atoms with van der Waals surface area (Å²) in [4.78, 5) is 12.4. The van der Waals surface area contributed by atoms with Gasteiger partial charge in [0.05, 0.1) is 21.4 Å². The molecule has 0 spiro atoms. The fourth-order valence-corrected chi connectivity index (χ4v) is 6.34. The molecule has 1 aromatic rings. The van der Waals surface area contributed by atoms with E-state index in [0.29, 0.717) is 7.14 Å². The third-order valence-electron chi connectivity index (χ3n) is 3.03. The van der Waals surface area contributed by atoms with Crippen molar-refractivity contribution in [3.63, 3.8) is 0 Å². The predicted octanol–water partition coefficient (Wildman–Crippen LogP) is 4.24. The second-order valence-corrected chi connectivity index (χ2v) is 10.8. The van der Waals surface area contributed by atoms with E-state index >= 15 is 0 Å². The van der Waals surface area contributed by atoms with Gasteiger partial charge in [0.2, 0.25) is 5.54 Å². The topological polar surface area (TPSA) is 86.3 Å². The van der Waals surface area contributed by atoms with Gasteiger partial charge in [-0.15, -0.1) is 0 Å². The molecular weight excluding hydrogens is 864 g/mol. The number of hydrogen-bond acceptors (Lipinski definition) is 4. The number of carbonyl (C=O) groups excluding carboxylic acids is 1. The monoisotopic (exact) mass is 868 g/mol. The highest BCUT2D eigenvalue weighted by atomic mass is 127. The molecule has 0 aliphatic carbocycles. The SMILES string of the molecule is O=C(NC(CS(=O)(=O)[O-])(C(F)(F)F)C(F)(F)F)c1c(I)c(I)cc(I)c1I. The lowest BCUT2D eigenvalue weighted by atomic mass is 9.99. The van der Waals surface area contributed by atoms with Crippen LogP contribution in [-0.2, 0) is 10.1 Å². The summed E-state index contributed by atoms with van der Waals surface area (Å²) in [6.45, 7) is 0. The lowest BCUT2D eigenvalue weighted by molar-refractivity contribution is -0.296. The molecule has 27 heavy (non-hydrogen) atoms. The predicted molar refractivity (Wildman–Crippen MR) is 114 cm³/mol. The first kappa shape index (κ1) is 26.1. The molecule has 0 fully saturated rings. The zero-order valence-electron chi connectivity index (χ0n) is 12.1. The van der Waals surface area contributed by atoms with Gasteiger partial charge >= 0.3 is 12.4 Å². The zero-order valence-corrected chi connectivity index (χ0v) is 21.6. The molecule has 5 nitrogen and oxygen atoms in total. The van der Waals surface area contributed by atoms with Crippen LogP contribution in [0.1, 0.15) is 10.4 Å². The summed E-state index contributed by atoms with van der Waals surface area (Å²) in [7, 11) is -6.02. The van der Waals surface area contributed by atoms with Crippen molar-refractivity contribution >= 4 is 106 Å². The van der Waals surface area contributed by atoms with E-state index < -0.39 is 45.2 Å². The van der Waals surface area contributed by atoms with Crippen molar-refractivity contribution in [3.05, 3.63) is 25.9 Å². The number of rotatable bonds is 4. The summed E-state index contributed by atoms with van der Waals surface area (Å²) in [6, 6.07) is 1.55. The third kappa shape index (κ3) is 5.83. The Morgan fingerprint density at radius 3 is 1.63 bits per heavy atom. The summed E-state index contributed by atoms with van der Waals surface area (Å²) >= 11 is 6.59. The molecule has 154 valence electrons. The fourth-order valence-electron chi connectivity index (χ4n) is 1.80. The van der Waals surface area contributed by atoms with Gasteiger partial charge in [-0.25, -0.2) is 8.42 Å². The van der Waals surface area contributed by atoms with Gasteiger partial charge in [-0.3, -0.25) is 4.79 Å². The highest BCUT2D eigenvalue weighted by Crippen LogP contribution is 2.44. The maximum Gasteiger partial charge on any atom is 0.421 e. The lowest BCUT2D eigenvalue weighted by Crippen LogP contribution is -2.70. The molecular formula is C11H4F6I4NO4S-. The number of halogens is 10. The van der Waals surface area contributed by atoms with E-state index in [0.717, 1.165) is 5.32 Å².